The number of furan rings is 1. The molecule has 2 aromatic rings. The van der Waals surface area contributed by atoms with Crippen LogP contribution in [-0.4, -0.2) is 50.2 Å². The van der Waals surface area contributed by atoms with E-state index in [9.17, 15) is 13.2 Å². The summed E-state index contributed by atoms with van der Waals surface area (Å²) in [6, 6.07) is 4.96. The van der Waals surface area contributed by atoms with Gasteiger partial charge in [-0.1, -0.05) is 34.1 Å². The standard InChI is InChI=1S/C23H34N2O4S/c1-6-8-11-24(5)23(26)22-19(7-2)20-13-18(9-10-21(20)29-22)30(27,28)25-14-16(3)12-17(4)15-25/h9-10,13,16-17H,6-8,11-12,14-15H2,1-5H3. The van der Waals surface area contributed by atoms with Crippen LogP contribution in [-0.2, 0) is 16.4 Å². The fraction of sp³-hybridized carbons (Fsp3) is 0.609. The largest absolute Gasteiger partial charge is 0.451 e. The van der Waals surface area contributed by atoms with Crippen LogP contribution in [0.3, 0.4) is 0 Å². The highest BCUT2D eigenvalue weighted by atomic mass is 32.2. The van der Waals surface area contributed by atoms with Gasteiger partial charge in [-0.15, -0.1) is 0 Å². The molecule has 0 radical (unpaired) electrons. The van der Waals surface area contributed by atoms with Crippen LogP contribution in [0.25, 0.3) is 11.0 Å². The molecule has 1 aromatic heterocycles. The first-order chi connectivity index (χ1) is 14.2. The Bertz CT molecular complexity index is 1000. The molecular weight excluding hydrogens is 400 g/mol. The maximum Gasteiger partial charge on any atom is 0.289 e. The first-order valence-corrected chi connectivity index (χ1v) is 12.4. The van der Waals surface area contributed by atoms with Gasteiger partial charge in [0.1, 0.15) is 5.58 Å². The fourth-order valence-corrected chi connectivity index (χ4v) is 6.14. The molecule has 1 aliphatic rings. The van der Waals surface area contributed by atoms with Gasteiger partial charge in [-0.25, -0.2) is 8.42 Å². The van der Waals surface area contributed by atoms with Crippen LogP contribution in [0.5, 0.6) is 0 Å². The van der Waals surface area contributed by atoms with E-state index in [1.807, 2.05) is 6.92 Å². The van der Waals surface area contributed by atoms with Gasteiger partial charge >= 0.3 is 0 Å². The number of fused-ring (bicyclic) bond motifs is 1. The first-order valence-electron chi connectivity index (χ1n) is 11.0. The van der Waals surface area contributed by atoms with E-state index in [-0.39, 0.29) is 10.8 Å². The zero-order chi connectivity index (χ0) is 22.1. The Kier molecular flexibility index (Phi) is 6.92. The predicted octanol–water partition coefficient (Wildman–Crippen LogP) is 4.53. The maximum absolute atomic E-state index is 13.3. The average molecular weight is 435 g/mol. The quantitative estimate of drug-likeness (QED) is 0.642. The maximum atomic E-state index is 13.3. The number of unbranched alkanes of at least 4 members (excludes halogenated alkanes) is 1. The molecule has 3 rings (SSSR count). The molecule has 0 N–H and O–H groups in total. The summed E-state index contributed by atoms with van der Waals surface area (Å²) in [6.07, 6.45) is 3.58. The molecule has 1 saturated heterocycles. The van der Waals surface area contributed by atoms with Gasteiger partial charge in [-0.2, -0.15) is 4.31 Å². The second-order valence-corrected chi connectivity index (χ2v) is 10.7. The number of nitrogens with zero attached hydrogens (tertiary/aromatic N) is 2. The molecule has 1 aromatic carbocycles. The molecule has 1 amide bonds. The van der Waals surface area contributed by atoms with Crippen molar-refractivity contribution >= 4 is 26.9 Å². The van der Waals surface area contributed by atoms with E-state index < -0.39 is 10.0 Å². The zero-order valence-electron chi connectivity index (χ0n) is 18.8. The van der Waals surface area contributed by atoms with Gasteiger partial charge in [0.05, 0.1) is 4.90 Å². The summed E-state index contributed by atoms with van der Waals surface area (Å²) in [5.41, 5.74) is 1.33. The summed E-state index contributed by atoms with van der Waals surface area (Å²) in [5, 5.41) is 0.712. The Morgan fingerprint density at radius 1 is 1.20 bits per heavy atom. The number of benzene rings is 1. The molecule has 0 bridgehead atoms. The third-order valence-corrected chi connectivity index (χ3v) is 7.80. The summed E-state index contributed by atoms with van der Waals surface area (Å²) < 4.78 is 34.1. The number of piperidine rings is 1. The lowest BCUT2D eigenvalue weighted by molar-refractivity contribution is 0.0762. The number of rotatable bonds is 7. The lowest BCUT2D eigenvalue weighted by atomic mass is 9.94. The van der Waals surface area contributed by atoms with E-state index in [1.165, 1.54) is 0 Å². The minimum absolute atomic E-state index is 0.153. The lowest BCUT2D eigenvalue weighted by Crippen LogP contribution is -2.42. The highest BCUT2D eigenvalue weighted by Crippen LogP contribution is 2.32. The van der Waals surface area contributed by atoms with Crippen LogP contribution in [0, 0.1) is 11.8 Å². The van der Waals surface area contributed by atoms with Crippen molar-refractivity contribution in [3.05, 3.63) is 29.5 Å². The Hall–Kier alpha value is -1.86. The van der Waals surface area contributed by atoms with E-state index in [2.05, 4.69) is 20.8 Å². The summed E-state index contributed by atoms with van der Waals surface area (Å²) >= 11 is 0. The third-order valence-electron chi connectivity index (χ3n) is 5.98. The van der Waals surface area contributed by atoms with Crippen molar-refractivity contribution in [1.82, 2.24) is 9.21 Å². The molecule has 30 heavy (non-hydrogen) atoms. The average Bonchev–Trinajstić information content (AvgIpc) is 3.08. The minimum atomic E-state index is -3.59. The Morgan fingerprint density at radius 2 is 1.87 bits per heavy atom. The van der Waals surface area contributed by atoms with Crippen molar-refractivity contribution in [2.24, 2.45) is 11.8 Å². The van der Waals surface area contributed by atoms with Crippen LogP contribution >= 0.6 is 0 Å². The van der Waals surface area contributed by atoms with Crippen LogP contribution in [0.1, 0.15) is 63.1 Å². The number of carbonyl (C=O) groups is 1. The van der Waals surface area contributed by atoms with Crippen LogP contribution in [0.2, 0.25) is 0 Å². The Morgan fingerprint density at radius 3 is 2.47 bits per heavy atom. The van der Waals surface area contributed by atoms with Gasteiger partial charge in [0.2, 0.25) is 10.0 Å². The number of aryl methyl sites for hydroxylation is 1. The topological polar surface area (TPSA) is 70.8 Å². The molecule has 166 valence electrons. The van der Waals surface area contributed by atoms with Crippen molar-refractivity contribution in [1.29, 1.82) is 0 Å². The zero-order valence-corrected chi connectivity index (χ0v) is 19.6. The SMILES string of the molecule is CCCCN(C)C(=O)c1oc2ccc(S(=O)(=O)N3CC(C)CC(C)C3)cc2c1CC. The Labute approximate surface area is 180 Å². The molecule has 0 saturated carbocycles. The first kappa shape index (κ1) is 22.8. The van der Waals surface area contributed by atoms with E-state index in [0.717, 1.165) is 24.8 Å². The Balaban J connectivity index is 1.99. The third kappa shape index (κ3) is 4.42. The summed E-state index contributed by atoms with van der Waals surface area (Å²) in [6.45, 7) is 10.00. The van der Waals surface area contributed by atoms with E-state index in [4.69, 9.17) is 4.42 Å². The molecule has 2 unspecified atom stereocenters. The normalized spacial score (nSPS) is 20.6. The second kappa shape index (κ2) is 9.10. The highest BCUT2D eigenvalue weighted by Gasteiger charge is 2.32. The minimum Gasteiger partial charge on any atom is -0.451 e. The molecule has 1 fully saturated rings. The van der Waals surface area contributed by atoms with Gasteiger partial charge < -0.3 is 9.32 Å². The van der Waals surface area contributed by atoms with Crippen LogP contribution in [0.4, 0.5) is 0 Å². The van der Waals surface area contributed by atoms with Crippen molar-refractivity contribution in [2.45, 2.75) is 58.3 Å². The molecular formula is C23H34N2O4S. The number of sulfonamides is 1. The monoisotopic (exact) mass is 434 g/mol. The van der Waals surface area contributed by atoms with Crippen molar-refractivity contribution in [3.8, 4) is 0 Å². The predicted molar refractivity (Wildman–Crippen MR) is 119 cm³/mol. The lowest BCUT2D eigenvalue weighted by Gasteiger charge is -2.34. The number of carbonyl (C=O) groups excluding carboxylic acids is 1. The smallest absolute Gasteiger partial charge is 0.289 e. The molecule has 1 aliphatic heterocycles. The van der Waals surface area contributed by atoms with Gasteiger partial charge in [-0.3, -0.25) is 4.79 Å². The molecule has 0 spiro atoms. The number of hydrogen-bond donors (Lipinski definition) is 0. The van der Waals surface area contributed by atoms with E-state index >= 15 is 0 Å². The van der Waals surface area contributed by atoms with Crippen molar-refractivity contribution < 1.29 is 17.6 Å². The molecule has 0 aliphatic carbocycles. The van der Waals surface area contributed by atoms with Crippen LogP contribution in [0.15, 0.2) is 27.5 Å². The molecule has 6 nitrogen and oxygen atoms in total. The summed E-state index contributed by atoms with van der Waals surface area (Å²) in [7, 11) is -1.81. The van der Waals surface area contributed by atoms with Gasteiger partial charge in [0.25, 0.3) is 5.91 Å². The van der Waals surface area contributed by atoms with Crippen LogP contribution < -0.4 is 0 Å². The van der Waals surface area contributed by atoms with E-state index in [1.54, 1.807) is 34.5 Å². The fourth-order valence-electron chi connectivity index (χ4n) is 4.43. The second-order valence-electron chi connectivity index (χ2n) is 8.77. The highest BCUT2D eigenvalue weighted by molar-refractivity contribution is 7.89. The molecule has 7 heteroatoms. The van der Waals surface area contributed by atoms with Gasteiger partial charge in [0, 0.05) is 37.6 Å². The van der Waals surface area contributed by atoms with Gasteiger partial charge in [-0.05, 0) is 49.3 Å². The molecule has 2 atom stereocenters. The van der Waals surface area contributed by atoms with Gasteiger partial charge in [0.15, 0.2) is 5.76 Å². The summed E-state index contributed by atoms with van der Waals surface area (Å²) in [5.74, 6) is 0.853. The number of amides is 1. The van der Waals surface area contributed by atoms with Crippen molar-refractivity contribution in [2.75, 3.05) is 26.7 Å². The molecule has 2 heterocycles. The van der Waals surface area contributed by atoms with E-state index in [0.29, 0.717) is 54.6 Å². The summed E-state index contributed by atoms with van der Waals surface area (Å²) in [4.78, 5) is 14.9. The van der Waals surface area contributed by atoms with Crippen molar-refractivity contribution in [3.63, 3.8) is 0 Å². The number of hydrogen-bond acceptors (Lipinski definition) is 4.